The second-order valence-corrected chi connectivity index (χ2v) is 14.4. The van der Waals surface area contributed by atoms with Crippen LogP contribution in [0.4, 0.5) is 0 Å². The number of nitrogens with zero attached hydrogens (tertiary/aromatic N) is 4. The molecule has 0 N–H and O–H groups in total. The van der Waals surface area contributed by atoms with Crippen LogP contribution in [0.1, 0.15) is 52.6 Å². The molecule has 6 rings (SSSR count). The lowest BCUT2D eigenvalue weighted by Crippen LogP contribution is -2.36. The van der Waals surface area contributed by atoms with E-state index in [9.17, 15) is 13.2 Å². The number of aromatic nitrogens is 3. The van der Waals surface area contributed by atoms with Crippen molar-refractivity contribution in [3.63, 3.8) is 0 Å². The maximum absolute atomic E-state index is 13.3. The fourth-order valence-corrected chi connectivity index (χ4v) is 7.38. The van der Waals surface area contributed by atoms with E-state index in [4.69, 9.17) is 27.9 Å². The SMILES string of the molecule is CCOC(=O)CC(c1ccc(OC)c(CN2CC=C(OCc3ccccc3)OS2(=O)=O)c1)c1ccc2c(nnn2CCOCCOCc2ccccc2)c1C. The van der Waals surface area contributed by atoms with Crippen molar-refractivity contribution in [2.45, 2.75) is 52.5 Å². The van der Waals surface area contributed by atoms with Crippen LogP contribution in [0.5, 0.6) is 5.75 Å². The third kappa shape index (κ3) is 10.3. The van der Waals surface area contributed by atoms with Crippen molar-refractivity contribution in [3.8, 4) is 5.75 Å². The summed E-state index contributed by atoms with van der Waals surface area (Å²) in [4.78, 5) is 13.0. The Labute approximate surface area is 321 Å². The second-order valence-electron chi connectivity index (χ2n) is 12.9. The van der Waals surface area contributed by atoms with Gasteiger partial charge in [0.1, 0.15) is 17.9 Å². The van der Waals surface area contributed by atoms with Crippen molar-refractivity contribution in [3.05, 3.63) is 136 Å². The fourth-order valence-electron chi connectivity index (χ4n) is 6.40. The number of benzene rings is 4. The summed E-state index contributed by atoms with van der Waals surface area (Å²) in [5.41, 5.74) is 6.65. The topological polar surface area (TPSA) is 141 Å². The van der Waals surface area contributed by atoms with Crippen LogP contribution in [-0.2, 0) is 64.5 Å². The van der Waals surface area contributed by atoms with E-state index >= 15 is 0 Å². The molecule has 0 amide bonds. The number of ether oxygens (including phenoxy) is 5. The molecule has 0 saturated heterocycles. The van der Waals surface area contributed by atoms with Crippen LogP contribution < -0.4 is 4.74 Å². The highest BCUT2D eigenvalue weighted by Gasteiger charge is 2.31. The smallest absolute Gasteiger partial charge is 0.388 e. The van der Waals surface area contributed by atoms with Gasteiger partial charge in [0.05, 0.1) is 58.6 Å². The van der Waals surface area contributed by atoms with E-state index in [1.54, 1.807) is 23.7 Å². The number of methoxy groups -OCH3 is 1. The van der Waals surface area contributed by atoms with E-state index < -0.39 is 16.2 Å². The highest BCUT2D eigenvalue weighted by atomic mass is 32.2. The molecule has 1 unspecified atom stereocenters. The molecule has 13 nitrogen and oxygen atoms in total. The highest BCUT2D eigenvalue weighted by Crippen LogP contribution is 2.36. The van der Waals surface area contributed by atoms with Crippen molar-refractivity contribution < 1.29 is 41.1 Å². The summed E-state index contributed by atoms with van der Waals surface area (Å²) in [6.07, 6.45) is 1.64. The van der Waals surface area contributed by atoms with Gasteiger partial charge in [0.25, 0.3) is 5.95 Å². The van der Waals surface area contributed by atoms with Gasteiger partial charge in [-0.1, -0.05) is 84.1 Å². The molecule has 55 heavy (non-hydrogen) atoms. The van der Waals surface area contributed by atoms with Crippen LogP contribution in [0.15, 0.2) is 103 Å². The average Bonchev–Trinajstić information content (AvgIpc) is 3.61. The first-order chi connectivity index (χ1) is 26.8. The summed E-state index contributed by atoms with van der Waals surface area (Å²) in [6, 6.07) is 28.9. The quantitative estimate of drug-likeness (QED) is 0.0700. The normalized spacial score (nSPS) is 14.6. The molecular weight excluding hydrogens is 725 g/mol. The largest absolute Gasteiger partial charge is 0.496 e. The van der Waals surface area contributed by atoms with Gasteiger partial charge in [0.15, 0.2) is 0 Å². The Hall–Kier alpha value is -5.28. The van der Waals surface area contributed by atoms with E-state index in [0.717, 1.165) is 33.3 Å². The molecule has 0 radical (unpaired) electrons. The molecular formula is C41H46N4O9S. The molecule has 14 heteroatoms. The predicted molar refractivity (Wildman–Crippen MR) is 205 cm³/mol. The minimum atomic E-state index is -4.19. The molecule has 0 saturated carbocycles. The fraction of sp³-hybridized carbons (Fsp3) is 0.341. The molecule has 0 aliphatic carbocycles. The Bertz CT molecular complexity index is 2180. The van der Waals surface area contributed by atoms with Crippen LogP contribution >= 0.6 is 0 Å². The van der Waals surface area contributed by atoms with Crippen LogP contribution in [-0.4, -0.2) is 73.8 Å². The van der Waals surface area contributed by atoms with E-state index in [-0.39, 0.29) is 44.6 Å². The number of rotatable bonds is 19. The second kappa shape index (κ2) is 18.8. The molecule has 0 fully saturated rings. The van der Waals surface area contributed by atoms with E-state index in [0.29, 0.717) is 49.8 Å². The van der Waals surface area contributed by atoms with Crippen molar-refractivity contribution in [1.29, 1.82) is 0 Å². The molecule has 4 aromatic carbocycles. The lowest BCUT2D eigenvalue weighted by Gasteiger charge is -2.26. The Morgan fingerprint density at radius 1 is 0.909 bits per heavy atom. The maximum atomic E-state index is 13.3. The minimum absolute atomic E-state index is 0.0323. The lowest BCUT2D eigenvalue weighted by molar-refractivity contribution is -0.143. The standard InChI is InChI=1S/C41H46N4O9S/c1-4-52-39(46)26-36(35-16-17-37-41(30(35)2)42-43-45(37)21-22-50-23-24-51-28-31-11-7-5-8-12-31)33-15-18-38(49-3)34(25-33)27-44-20-19-40(54-55(44,47)48)53-29-32-13-9-6-10-14-32/h5-19,25,36H,4,20-24,26-29H2,1-3H3. The molecule has 1 aliphatic rings. The summed E-state index contributed by atoms with van der Waals surface area (Å²) in [5.74, 6) is -0.388. The van der Waals surface area contributed by atoms with Gasteiger partial charge in [0.2, 0.25) is 0 Å². The van der Waals surface area contributed by atoms with Crippen LogP contribution in [0.3, 0.4) is 0 Å². The van der Waals surface area contributed by atoms with Gasteiger partial charge in [0, 0.05) is 30.6 Å². The van der Waals surface area contributed by atoms with Gasteiger partial charge in [-0.3, -0.25) is 4.79 Å². The van der Waals surface area contributed by atoms with E-state index in [2.05, 4.69) is 10.3 Å². The molecule has 0 bridgehead atoms. The number of esters is 1. The lowest BCUT2D eigenvalue weighted by atomic mass is 9.84. The minimum Gasteiger partial charge on any atom is -0.496 e. The van der Waals surface area contributed by atoms with Crippen LogP contribution in [0, 0.1) is 6.92 Å². The summed E-state index contributed by atoms with van der Waals surface area (Å²) in [7, 11) is -2.66. The third-order valence-corrected chi connectivity index (χ3v) is 10.5. The van der Waals surface area contributed by atoms with Gasteiger partial charge >= 0.3 is 16.3 Å². The summed E-state index contributed by atoms with van der Waals surface area (Å²) in [6.45, 7) is 6.54. The van der Waals surface area contributed by atoms with Crippen LogP contribution in [0.2, 0.25) is 0 Å². The third-order valence-electron chi connectivity index (χ3n) is 9.21. The molecule has 5 aromatic rings. The summed E-state index contributed by atoms with van der Waals surface area (Å²) < 4.78 is 63.0. The number of carbonyl (C=O) groups excluding carboxylic acids is 1. The zero-order chi connectivity index (χ0) is 38.6. The molecule has 290 valence electrons. The summed E-state index contributed by atoms with van der Waals surface area (Å²) in [5, 5.41) is 8.90. The maximum Gasteiger partial charge on any atom is 0.388 e. The Morgan fingerprint density at radius 2 is 1.64 bits per heavy atom. The molecule has 1 aliphatic heterocycles. The van der Waals surface area contributed by atoms with Gasteiger partial charge in [-0.2, -0.15) is 12.7 Å². The van der Waals surface area contributed by atoms with E-state index in [1.165, 1.54) is 11.4 Å². The molecule has 1 aromatic heterocycles. The Kier molecular flexibility index (Phi) is 13.5. The predicted octanol–water partition coefficient (Wildman–Crippen LogP) is 6.20. The van der Waals surface area contributed by atoms with Gasteiger partial charge < -0.3 is 27.9 Å². The zero-order valence-corrected chi connectivity index (χ0v) is 32.1. The zero-order valence-electron chi connectivity index (χ0n) is 31.3. The van der Waals surface area contributed by atoms with Gasteiger partial charge in [-0.15, -0.1) is 5.10 Å². The Balaban J connectivity index is 1.16. The first-order valence-corrected chi connectivity index (χ1v) is 19.5. The monoisotopic (exact) mass is 770 g/mol. The molecule has 1 atom stereocenters. The number of hydrogen-bond acceptors (Lipinski definition) is 11. The number of carbonyl (C=O) groups is 1. The Morgan fingerprint density at radius 3 is 2.35 bits per heavy atom. The number of fused-ring (bicyclic) bond motifs is 1. The summed E-state index contributed by atoms with van der Waals surface area (Å²) >= 11 is 0. The van der Waals surface area contributed by atoms with Crippen molar-refractivity contribution in [1.82, 2.24) is 19.3 Å². The van der Waals surface area contributed by atoms with Crippen molar-refractivity contribution in [2.24, 2.45) is 0 Å². The van der Waals surface area contributed by atoms with Crippen LogP contribution in [0.25, 0.3) is 11.0 Å². The van der Waals surface area contributed by atoms with Gasteiger partial charge in [-0.25, -0.2) is 4.68 Å². The molecule has 2 heterocycles. The highest BCUT2D eigenvalue weighted by molar-refractivity contribution is 7.84. The van der Waals surface area contributed by atoms with Gasteiger partial charge in [-0.05, 0) is 53.8 Å². The average molecular weight is 771 g/mol. The number of aryl methyl sites for hydroxylation is 1. The number of hydrogen-bond donors (Lipinski definition) is 0. The molecule has 0 spiro atoms. The van der Waals surface area contributed by atoms with E-state index in [1.807, 2.05) is 91.9 Å². The van der Waals surface area contributed by atoms with Crippen molar-refractivity contribution >= 4 is 27.3 Å². The first kappa shape index (κ1) is 39.4. The first-order valence-electron chi connectivity index (χ1n) is 18.2. The van der Waals surface area contributed by atoms with Crippen molar-refractivity contribution in [2.75, 3.05) is 40.1 Å².